The van der Waals surface area contributed by atoms with Crippen LogP contribution in [0.3, 0.4) is 0 Å². The quantitative estimate of drug-likeness (QED) is 0.851. The van der Waals surface area contributed by atoms with Gasteiger partial charge >= 0.3 is 0 Å². The van der Waals surface area contributed by atoms with E-state index in [1.165, 1.54) is 0 Å². The number of carbonyl (C=O) groups is 1. The van der Waals surface area contributed by atoms with Gasteiger partial charge in [0, 0.05) is 12.2 Å². The predicted octanol–water partition coefficient (Wildman–Crippen LogP) is 3.36. The summed E-state index contributed by atoms with van der Waals surface area (Å²) < 4.78 is 5.41. The van der Waals surface area contributed by atoms with E-state index in [1.54, 1.807) is 0 Å². The molecule has 5 heteroatoms. The molecule has 1 amide bonds. The Morgan fingerprint density at radius 2 is 1.70 bits per heavy atom. The third-order valence-corrected chi connectivity index (χ3v) is 3.56. The normalized spacial score (nSPS) is 10.6. The van der Waals surface area contributed by atoms with E-state index < -0.39 is 5.41 Å². The highest BCUT2D eigenvalue weighted by atomic mass is 35.5. The van der Waals surface area contributed by atoms with Crippen LogP contribution in [0.5, 0.6) is 5.75 Å². The maximum Gasteiger partial charge on any atom is 0.234 e. The molecule has 2 aromatic carbocycles. The number of amides is 1. The summed E-state index contributed by atoms with van der Waals surface area (Å²) >= 11 is 0. The monoisotopic (exact) mass is 334 g/mol. The summed E-state index contributed by atoms with van der Waals surface area (Å²) in [5, 5.41) is 2.94. The van der Waals surface area contributed by atoms with Crippen LogP contribution in [0.25, 0.3) is 0 Å². The van der Waals surface area contributed by atoms with Gasteiger partial charge in [-0.25, -0.2) is 0 Å². The first kappa shape index (κ1) is 19.0. The van der Waals surface area contributed by atoms with Crippen molar-refractivity contribution < 1.29 is 9.53 Å². The minimum atomic E-state index is -0.601. The lowest BCUT2D eigenvalue weighted by Crippen LogP contribution is -2.34. The maximum atomic E-state index is 12.5. The number of ether oxygens (including phenoxy) is 1. The lowest BCUT2D eigenvalue weighted by molar-refractivity contribution is -0.120. The van der Waals surface area contributed by atoms with Crippen molar-refractivity contribution in [2.45, 2.75) is 19.3 Å². The summed E-state index contributed by atoms with van der Waals surface area (Å²) in [5.41, 5.74) is 6.52. The topological polar surface area (TPSA) is 64.3 Å². The highest BCUT2D eigenvalue weighted by molar-refractivity contribution is 5.98. The summed E-state index contributed by atoms with van der Waals surface area (Å²) in [6, 6.07) is 17.0. The maximum absolute atomic E-state index is 12.5. The van der Waals surface area contributed by atoms with E-state index in [0.717, 1.165) is 17.0 Å². The SMILES string of the molecule is CC(C)(C(=O)Nc1ccc(OCCN)cc1)c1ccccc1.Cl. The lowest BCUT2D eigenvalue weighted by Gasteiger charge is -2.24. The van der Waals surface area contributed by atoms with E-state index in [1.807, 2.05) is 68.4 Å². The van der Waals surface area contributed by atoms with Crippen LogP contribution in [-0.2, 0) is 10.2 Å². The molecule has 124 valence electrons. The van der Waals surface area contributed by atoms with Crippen LogP contribution >= 0.6 is 12.4 Å². The first-order valence-corrected chi connectivity index (χ1v) is 7.34. The van der Waals surface area contributed by atoms with E-state index >= 15 is 0 Å². The van der Waals surface area contributed by atoms with E-state index in [0.29, 0.717) is 13.2 Å². The molecule has 3 N–H and O–H groups in total. The summed E-state index contributed by atoms with van der Waals surface area (Å²) in [6.07, 6.45) is 0. The van der Waals surface area contributed by atoms with Gasteiger partial charge in [0.1, 0.15) is 12.4 Å². The number of benzene rings is 2. The molecular formula is C18H23ClN2O2. The van der Waals surface area contributed by atoms with Gasteiger partial charge in [0.15, 0.2) is 0 Å². The number of nitrogens with two attached hydrogens (primary N) is 1. The number of hydrogen-bond donors (Lipinski definition) is 2. The molecule has 2 rings (SSSR count). The molecule has 0 saturated heterocycles. The Morgan fingerprint density at radius 1 is 1.09 bits per heavy atom. The van der Waals surface area contributed by atoms with Gasteiger partial charge in [-0.15, -0.1) is 12.4 Å². The molecule has 0 aliphatic rings. The Balaban J connectivity index is 0.00000264. The second-order valence-electron chi connectivity index (χ2n) is 5.61. The number of carbonyl (C=O) groups excluding carboxylic acids is 1. The molecule has 0 radical (unpaired) electrons. The summed E-state index contributed by atoms with van der Waals surface area (Å²) in [6.45, 7) is 4.78. The van der Waals surface area contributed by atoms with Gasteiger partial charge < -0.3 is 15.8 Å². The molecule has 0 unspecified atom stereocenters. The summed E-state index contributed by atoms with van der Waals surface area (Å²) in [4.78, 5) is 12.5. The fourth-order valence-electron chi connectivity index (χ4n) is 2.08. The van der Waals surface area contributed by atoms with Gasteiger partial charge in [0.05, 0.1) is 5.41 Å². The fraction of sp³-hybridized carbons (Fsp3) is 0.278. The molecule has 0 atom stereocenters. The molecule has 23 heavy (non-hydrogen) atoms. The van der Waals surface area contributed by atoms with Crippen LogP contribution in [0.1, 0.15) is 19.4 Å². The molecular weight excluding hydrogens is 312 g/mol. The third-order valence-electron chi connectivity index (χ3n) is 3.56. The molecule has 0 fully saturated rings. The van der Waals surface area contributed by atoms with Crippen LogP contribution in [0.4, 0.5) is 5.69 Å². The average molecular weight is 335 g/mol. The number of rotatable bonds is 6. The van der Waals surface area contributed by atoms with Crippen molar-refractivity contribution in [1.82, 2.24) is 0 Å². The largest absolute Gasteiger partial charge is 0.492 e. The van der Waals surface area contributed by atoms with Crippen molar-refractivity contribution in [3.05, 3.63) is 60.2 Å². The van der Waals surface area contributed by atoms with Crippen molar-refractivity contribution in [3.8, 4) is 5.75 Å². The van der Waals surface area contributed by atoms with E-state index in [-0.39, 0.29) is 18.3 Å². The summed E-state index contributed by atoms with van der Waals surface area (Å²) in [5.74, 6) is 0.695. The minimum absolute atomic E-state index is 0. The molecule has 0 heterocycles. The second-order valence-corrected chi connectivity index (χ2v) is 5.61. The van der Waals surface area contributed by atoms with Gasteiger partial charge in [-0.3, -0.25) is 4.79 Å². The van der Waals surface area contributed by atoms with Crippen molar-refractivity contribution in [3.63, 3.8) is 0 Å². The fourth-order valence-corrected chi connectivity index (χ4v) is 2.08. The lowest BCUT2D eigenvalue weighted by atomic mass is 9.83. The number of nitrogens with one attached hydrogen (secondary N) is 1. The zero-order valence-corrected chi connectivity index (χ0v) is 14.2. The number of hydrogen-bond acceptors (Lipinski definition) is 3. The van der Waals surface area contributed by atoms with Crippen molar-refractivity contribution in [2.24, 2.45) is 5.73 Å². The second kappa shape index (κ2) is 8.56. The Morgan fingerprint density at radius 3 is 2.26 bits per heavy atom. The van der Waals surface area contributed by atoms with Gasteiger partial charge in [-0.2, -0.15) is 0 Å². The van der Waals surface area contributed by atoms with Crippen LogP contribution in [0.15, 0.2) is 54.6 Å². The van der Waals surface area contributed by atoms with Gasteiger partial charge in [0.2, 0.25) is 5.91 Å². The van der Waals surface area contributed by atoms with Gasteiger partial charge in [-0.05, 0) is 43.7 Å². The smallest absolute Gasteiger partial charge is 0.234 e. The first-order chi connectivity index (χ1) is 10.5. The van der Waals surface area contributed by atoms with E-state index in [2.05, 4.69) is 5.32 Å². The predicted molar refractivity (Wildman–Crippen MR) is 96.3 cm³/mol. The number of halogens is 1. The Labute approximate surface area is 143 Å². The molecule has 0 aliphatic heterocycles. The first-order valence-electron chi connectivity index (χ1n) is 7.34. The van der Waals surface area contributed by atoms with E-state index in [9.17, 15) is 4.79 Å². The molecule has 0 aliphatic carbocycles. The van der Waals surface area contributed by atoms with Gasteiger partial charge in [0.25, 0.3) is 0 Å². The molecule has 0 aromatic heterocycles. The van der Waals surface area contributed by atoms with Crippen LogP contribution in [0, 0.1) is 0 Å². The zero-order valence-electron chi connectivity index (χ0n) is 13.4. The van der Waals surface area contributed by atoms with Crippen LogP contribution in [0.2, 0.25) is 0 Å². The average Bonchev–Trinajstić information content (AvgIpc) is 2.55. The zero-order chi connectivity index (χ0) is 16.0. The Kier molecular flexibility index (Phi) is 7.07. The van der Waals surface area contributed by atoms with Crippen molar-refractivity contribution in [2.75, 3.05) is 18.5 Å². The third kappa shape index (κ3) is 4.98. The molecule has 0 bridgehead atoms. The molecule has 4 nitrogen and oxygen atoms in total. The molecule has 0 saturated carbocycles. The standard InChI is InChI=1S/C18H22N2O2.ClH/c1-18(2,14-6-4-3-5-7-14)17(21)20-15-8-10-16(11-9-15)22-13-12-19;/h3-11H,12-13,19H2,1-2H3,(H,20,21);1H. The van der Waals surface area contributed by atoms with Gasteiger partial charge in [-0.1, -0.05) is 30.3 Å². The highest BCUT2D eigenvalue weighted by Crippen LogP contribution is 2.25. The summed E-state index contributed by atoms with van der Waals surface area (Å²) in [7, 11) is 0. The van der Waals surface area contributed by atoms with Crippen molar-refractivity contribution in [1.29, 1.82) is 0 Å². The number of anilines is 1. The molecule has 2 aromatic rings. The minimum Gasteiger partial charge on any atom is -0.492 e. The van der Waals surface area contributed by atoms with E-state index in [4.69, 9.17) is 10.5 Å². The van der Waals surface area contributed by atoms with Crippen molar-refractivity contribution >= 4 is 24.0 Å². The molecule has 0 spiro atoms. The highest BCUT2D eigenvalue weighted by Gasteiger charge is 2.29. The Hall–Kier alpha value is -2.04. The Bertz CT molecular complexity index is 613. The van der Waals surface area contributed by atoms with Crippen LogP contribution in [-0.4, -0.2) is 19.1 Å². The van der Waals surface area contributed by atoms with Crippen LogP contribution < -0.4 is 15.8 Å².